The molecule has 1 unspecified atom stereocenters. The van der Waals surface area contributed by atoms with Crippen LogP contribution in [0, 0.1) is 0 Å². The van der Waals surface area contributed by atoms with E-state index in [1.54, 1.807) is 31.2 Å². The molecule has 1 atom stereocenters. The molecule has 6 heteroatoms. The lowest BCUT2D eigenvalue weighted by molar-refractivity contribution is 0.0738. The zero-order valence-electron chi connectivity index (χ0n) is 14.1. The van der Waals surface area contributed by atoms with E-state index in [2.05, 4.69) is 4.98 Å². The second kappa shape index (κ2) is 6.98. The third-order valence-electron chi connectivity index (χ3n) is 4.37. The molecule has 25 heavy (non-hydrogen) atoms. The first-order valence-electron chi connectivity index (χ1n) is 7.79. The van der Waals surface area contributed by atoms with Gasteiger partial charge in [0.15, 0.2) is 0 Å². The summed E-state index contributed by atoms with van der Waals surface area (Å²) in [5, 5.41) is 2.07. The first-order chi connectivity index (χ1) is 11.9. The Labute approximate surface area is 156 Å². The quantitative estimate of drug-likeness (QED) is 0.669. The van der Waals surface area contributed by atoms with Crippen molar-refractivity contribution in [3.63, 3.8) is 0 Å². The lowest BCUT2D eigenvalue weighted by Gasteiger charge is -2.25. The summed E-state index contributed by atoms with van der Waals surface area (Å²) in [7, 11) is 3.37. The van der Waals surface area contributed by atoms with Crippen LogP contribution >= 0.6 is 23.2 Å². The molecule has 0 aliphatic rings. The number of halogens is 2. The van der Waals surface area contributed by atoms with Gasteiger partial charge in [-0.05, 0) is 42.8 Å². The van der Waals surface area contributed by atoms with Gasteiger partial charge in [0.2, 0.25) is 0 Å². The highest BCUT2D eigenvalue weighted by Crippen LogP contribution is 2.30. The van der Waals surface area contributed by atoms with Gasteiger partial charge in [-0.25, -0.2) is 0 Å². The van der Waals surface area contributed by atoms with Crippen molar-refractivity contribution in [2.45, 2.75) is 13.0 Å². The third-order valence-corrected chi connectivity index (χ3v) is 4.94. The van der Waals surface area contributed by atoms with Crippen molar-refractivity contribution in [3.8, 4) is 5.75 Å². The second-order valence-corrected chi connectivity index (χ2v) is 6.74. The number of H-pyrrole nitrogens is 1. The zero-order chi connectivity index (χ0) is 18.1. The Morgan fingerprint density at radius 2 is 1.92 bits per heavy atom. The maximum Gasteiger partial charge on any atom is 0.270 e. The first-order valence-corrected chi connectivity index (χ1v) is 8.55. The molecule has 0 bridgehead atoms. The molecular weight excluding hydrogens is 359 g/mol. The Balaban J connectivity index is 1.88. The Morgan fingerprint density at radius 3 is 2.60 bits per heavy atom. The van der Waals surface area contributed by atoms with E-state index < -0.39 is 0 Å². The van der Waals surface area contributed by atoms with Crippen molar-refractivity contribution in [1.82, 2.24) is 9.88 Å². The van der Waals surface area contributed by atoms with Gasteiger partial charge in [0.25, 0.3) is 5.91 Å². The Morgan fingerprint density at radius 1 is 1.16 bits per heavy atom. The van der Waals surface area contributed by atoms with E-state index >= 15 is 0 Å². The van der Waals surface area contributed by atoms with Crippen molar-refractivity contribution in [2.24, 2.45) is 0 Å². The number of hydrogen-bond donors (Lipinski definition) is 1. The number of hydrogen-bond acceptors (Lipinski definition) is 2. The average molecular weight is 377 g/mol. The minimum Gasteiger partial charge on any atom is -0.497 e. The topological polar surface area (TPSA) is 45.3 Å². The number of fused-ring (bicyclic) bond motifs is 1. The van der Waals surface area contributed by atoms with Crippen LogP contribution in [-0.2, 0) is 0 Å². The average Bonchev–Trinajstić information content (AvgIpc) is 3.02. The Bertz CT molecular complexity index is 936. The van der Waals surface area contributed by atoms with Crippen molar-refractivity contribution in [3.05, 3.63) is 63.8 Å². The maximum atomic E-state index is 12.9. The minimum atomic E-state index is -0.196. The molecule has 1 aromatic heterocycles. The molecule has 1 heterocycles. The van der Waals surface area contributed by atoms with Crippen LogP contribution in [0.3, 0.4) is 0 Å². The molecule has 0 radical (unpaired) electrons. The third kappa shape index (κ3) is 3.46. The van der Waals surface area contributed by atoms with Crippen LogP contribution in [0.5, 0.6) is 5.75 Å². The van der Waals surface area contributed by atoms with Crippen molar-refractivity contribution in [2.75, 3.05) is 14.2 Å². The number of nitrogens with zero attached hydrogens (tertiary/aromatic N) is 1. The van der Waals surface area contributed by atoms with Gasteiger partial charge in [0.05, 0.1) is 13.2 Å². The number of nitrogens with one attached hydrogen (secondary N) is 1. The monoisotopic (exact) mass is 376 g/mol. The summed E-state index contributed by atoms with van der Waals surface area (Å²) in [6.45, 7) is 1.93. The SMILES string of the molecule is COc1ccc2cc(C(=O)N(C)C(C)c3ccc(Cl)cc3Cl)[nH]c2c1. The van der Waals surface area contributed by atoms with Gasteiger partial charge in [0, 0.05) is 34.1 Å². The van der Waals surface area contributed by atoms with Crippen LogP contribution in [0.15, 0.2) is 42.5 Å². The molecule has 0 saturated heterocycles. The maximum absolute atomic E-state index is 12.9. The number of rotatable bonds is 4. The second-order valence-electron chi connectivity index (χ2n) is 5.89. The predicted molar refractivity (Wildman–Crippen MR) is 102 cm³/mol. The van der Waals surface area contributed by atoms with Crippen molar-refractivity contribution in [1.29, 1.82) is 0 Å². The van der Waals surface area contributed by atoms with Crippen LogP contribution < -0.4 is 4.74 Å². The summed E-state index contributed by atoms with van der Waals surface area (Å²) in [4.78, 5) is 17.7. The van der Waals surface area contributed by atoms with E-state index in [4.69, 9.17) is 27.9 Å². The Hall–Kier alpha value is -2.17. The van der Waals surface area contributed by atoms with Gasteiger partial charge in [-0.15, -0.1) is 0 Å². The molecule has 3 rings (SSSR count). The number of benzene rings is 2. The number of aromatic nitrogens is 1. The van der Waals surface area contributed by atoms with E-state index in [-0.39, 0.29) is 11.9 Å². The van der Waals surface area contributed by atoms with Crippen LogP contribution in [0.2, 0.25) is 10.0 Å². The highest BCUT2D eigenvalue weighted by Gasteiger charge is 2.22. The van der Waals surface area contributed by atoms with E-state index in [1.807, 2.05) is 37.3 Å². The number of ether oxygens (including phenoxy) is 1. The number of amides is 1. The van der Waals surface area contributed by atoms with Gasteiger partial charge < -0.3 is 14.6 Å². The molecule has 0 spiro atoms. The fourth-order valence-electron chi connectivity index (χ4n) is 2.76. The summed E-state index contributed by atoms with van der Waals surface area (Å²) in [6.07, 6.45) is 0. The van der Waals surface area contributed by atoms with E-state index in [0.717, 1.165) is 22.2 Å². The summed E-state index contributed by atoms with van der Waals surface area (Å²) < 4.78 is 5.22. The lowest BCUT2D eigenvalue weighted by Crippen LogP contribution is -2.30. The smallest absolute Gasteiger partial charge is 0.270 e. The van der Waals surface area contributed by atoms with Gasteiger partial charge >= 0.3 is 0 Å². The van der Waals surface area contributed by atoms with Crippen LogP contribution in [0.1, 0.15) is 29.0 Å². The predicted octanol–water partition coefficient (Wildman–Crippen LogP) is 5.32. The molecule has 0 aliphatic heterocycles. The normalized spacial score (nSPS) is 12.2. The lowest BCUT2D eigenvalue weighted by atomic mass is 10.1. The summed E-state index contributed by atoms with van der Waals surface area (Å²) in [5.74, 6) is 0.622. The molecule has 0 saturated carbocycles. The molecule has 2 aromatic carbocycles. The van der Waals surface area contributed by atoms with Gasteiger partial charge in [-0.2, -0.15) is 0 Å². The fourth-order valence-corrected chi connectivity index (χ4v) is 3.33. The van der Waals surface area contributed by atoms with Gasteiger partial charge in [-0.1, -0.05) is 29.3 Å². The first kappa shape index (κ1) is 17.6. The highest BCUT2D eigenvalue weighted by molar-refractivity contribution is 6.35. The Kier molecular flexibility index (Phi) is 4.93. The van der Waals surface area contributed by atoms with Crippen molar-refractivity contribution < 1.29 is 9.53 Å². The fraction of sp³-hybridized carbons (Fsp3) is 0.211. The molecule has 0 fully saturated rings. The van der Waals surface area contributed by atoms with E-state index in [9.17, 15) is 4.79 Å². The summed E-state index contributed by atoms with van der Waals surface area (Å²) >= 11 is 12.2. The number of aromatic amines is 1. The number of carbonyl (C=O) groups is 1. The molecule has 130 valence electrons. The number of methoxy groups -OCH3 is 1. The molecule has 1 N–H and O–H groups in total. The molecule has 0 aliphatic carbocycles. The van der Waals surface area contributed by atoms with E-state index in [0.29, 0.717) is 15.7 Å². The van der Waals surface area contributed by atoms with Gasteiger partial charge in [0.1, 0.15) is 11.4 Å². The molecule has 3 aromatic rings. The molecule has 4 nitrogen and oxygen atoms in total. The molecular formula is C19H18Cl2N2O2. The van der Waals surface area contributed by atoms with E-state index in [1.165, 1.54) is 0 Å². The molecule has 1 amide bonds. The zero-order valence-corrected chi connectivity index (χ0v) is 15.7. The van der Waals surface area contributed by atoms with Crippen LogP contribution in [0.4, 0.5) is 0 Å². The van der Waals surface area contributed by atoms with Crippen molar-refractivity contribution >= 4 is 40.0 Å². The summed E-state index contributed by atoms with van der Waals surface area (Å²) in [5.41, 5.74) is 2.22. The standard InChI is InChI=1S/C19H18Cl2N2O2/c1-11(15-7-5-13(20)9-16(15)21)23(2)19(24)18-8-12-4-6-14(25-3)10-17(12)22-18/h4-11,22H,1-3H3. The number of carbonyl (C=O) groups excluding carboxylic acids is 1. The largest absolute Gasteiger partial charge is 0.497 e. The van der Waals surface area contributed by atoms with Gasteiger partial charge in [-0.3, -0.25) is 4.79 Å². The van der Waals surface area contributed by atoms with Crippen LogP contribution in [0.25, 0.3) is 10.9 Å². The van der Waals surface area contributed by atoms with Crippen LogP contribution in [-0.4, -0.2) is 29.9 Å². The summed E-state index contributed by atoms with van der Waals surface area (Å²) in [6, 6.07) is 12.6. The highest BCUT2D eigenvalue weighted by atomic mass is 35.5. The minimum absolute atomic E-state index is 0.117.